The lowest BCUT2D eigenvalue weighted by Gasteiger charge is -2.38. The van der Waals surface area contributed by atoms with Crippen LogP contribution in [-0.4, -0.2) is 60.1 Å². The molecule has 1 aromatic carbocycles. The van der Waals surface area contributed by atoms with E-state index in [0.29, 0.717) is 18.4 Å². The van der Waals surface area contributed by atoms with Gasteiger partial charge in [0.2, 0.25) is 5.91 Å². The molecule has 2 heterocycles. The van der Waals surface area contributed by atoms with Crippen LogP contribution in [0.2, 0.25) is 0 Å². The van der Waals surface area contributed by atoms with Gasteiger partial charge in [-0.05, 0) is 50.8 Å². The van der Waals surface area contributed by atoms with Gasteiger partial charge in [-0.15, -0.1) is 0 Å². The topological polar surface area (TPSA) is 32.8 Å². The summed E-state index contributed by atoms with van der Waals surface area (Å²) in [4.78, 5) is 17.2. The number of hydrogen-bond acceptors (Lipinski definition) is 3. The van der Waals surface area contributed by atoms with Gasteiger partial charge in [-0.2, -0.15) is 0 Å². The Kier molecular flexibility index (Phi) is 6.70. The first-order valence-corrected chi connectivity index (χ1v) is 10.3. The molecule has 6 heteroatoms. The SMILES string of the molecule is CC1CN(CC2CCCN2C(=O)CCc2ccc(Br)cc2F)CC(C)O1. The minimum Gasteiger partial charge on any atom is -0.373 e. The van der Waals surface area contributed by atoms with Crippen molar-refractivity contribution in [3.63, 3.8) is 0 Å². The maximum absolute atomic E-state index is 14.0. The third-order valence-corrected chi connectivity index (χ3v) is 5.78. The number of nitrogens with zero attached hydrogens (tertiary/aromatic N) is 2. The Morgan fingerprint density at radius 3 is 2.73 bits per heavy atom. The van der Waals surface area contributed by atoms with Crippen LogP contribution >= 0.6 is 15.9 Å². The molecule has 0 aromatic heterocycles. The fourth-order valence-corrected chi connectivity index (χ4v) is 4.53. The zero-order valence-electron chi connectivity index (χ0n) is 15.6. The van der Waals surface area contributed by atoms with Gasteiger partial charge in [0.25, 0.3) is 0 Å². The van der Waals surface area contributed by atoms with Crippen molar-refractivity contribution in [1.29, 1.82) is 0 Å². The number of benzene rings is 1. The van der Waals surface area contributed by atoms with Crippen LogP contribution in [0.25, 0.3) is 0 Å². The highest BCUT2D eigenvalue weighted by Crippen LogP contribution is 2.23. The van der Waals surface area contributed by atoms with E-state index < -0.39 is 0 Å². The van der Waals surface area contributed by atoms with E-state index in [4.69, 9.17) is 4.74 Å². The van der Waals surface area contributed by atoms with E-state index in [1.165, 1.54) is 6.07 Å². The second kappa shape index (κ2) is 8.81. The number of likely N-dealkylation sites (tertiary alicyclic amines) is 1. The highest BCUT2D eigenvalue weighted by molar-refractivity contribution is 9.10. The second-order valence-electron chi connectivity index (χ2n) is 7.59. The molecule has 2 aliphatic heterocycles. The van der Waals surface area contributed by atoms with Crippen molar-refractivity contribution in [1.82, 2.24) is 9.80 Å². The second-order valence-corrected chi connectivity index (χ2v) is 8.51. The molecule has 144 valence electrons. The molecule has 0 N–H and O–H groups in total. The lowest BCUT2D eigenvalue weighted by molar-refractivity contribution is -0.133. The summed E-state index contributed by atoms with van der Waals surface area (Å²) >= 11 is 3.26. The van der Waals surface area contributed by atoms with Gasteiger partial charge in [0.15, 0.2) is 0 Å². The maximum atomic E-state index is 14.0. The average molecular weight is 427 g/mol. The van der Waals surface area contributed by atoms with Crippen molar-refractivity contribution in [3.8, 4) is 0 Å². The standard InChI is InChI=1S/C20H28BrFN2O2/c1-14-11-23(12-15(2)26-14)13-18-4-3-9-24(18)20(25)8-6-16-5-7-17(21)10-19(16)22/h5,7,10,14-15,18H,3-4,6,8-9,11-13H2,1-2H3. The third kappa shape index (κ3) is 5.05. The number of carbonyl (C=O) groups excluding carboxylic acids is 1. The molecule has 1 amide bonds. The number of morpholine rings is 1. The van der Waals surface area contributed by atoms with Crippen LogP contribution in [0.15, 0.2) is 22.7 Å². The summed E-state index contributed by atoms with van der Waals surface area (Å²) in [7, 11) is 0. The molecule has 2 aliphatic rings. The van der Waals surface area contributed by atoms with Gasteiger partial charge in [0.1, 0.15) is 5.82 Å². The summed E-state index contributed by atoms with van der Waals surface area (Å²) < 4.78 is 20.5. The first-order chi connectivity index (χ1) is 12.4. The molecule has 4 nitrogen and oxygen atoms in total. The number of ether oxygens (including phenoxy) is 1. The molecule has 3 atom stereocenters. The molecule has 3 unspecified atom stereocenters. The van der Waals surface area contributed by atoms with Crippen LogP contribution in [0.1, 0.15) is 38.7 Å². The van der Waals surface area contributed by atoms with Gasteiger partial charge in [-0.25, -0.2) is 4.39 Å². The van der Waals surface area contributed by atoms with Crippen LogP contribution in [0.4, 0.5) is 4.39 Å². The normalized spacial score (nSPS) is 27.1. The summed E-state index contributed by atoms with van der Waals surface area (Å²) in [6, 6.07) is 5.31. The van der Waals surface area contributed by atoms with Crippen molar-refractivity contribution in [2.75, 3.05) is 26.2 Å². The van der Waals surface area contributed by atoms with E-state index in [-0.39, 0.29) is 30.0 Å². The van der Waals surface area contributed by atoms with Gasteiger partial charge < -0.3 is 9.64 Å². The van der Waals surface area contributed by atoms with Crippen LogP contribution in [0.5, 0.6) is 0 Å². The fraction of sp³-hybridized carbons (Fsp3) is 0.650. The van der Waals surface area contributed by atoms with Crippen molar-refractivity contribution in [3.05, 3.63) is 34.1 Å². The average Bonchev–Trinajstić information content (AvgIpc) is 3.01. The summed E-state index contributed by atoms with van der Waals surface area (Å²) in [5.41, 5.74) is 0.605. The summed E-state index contributed by atoms with van der Waals surface area (Å²) in [5.74, 6) is -0.106. The first kappa shape index (κ1) is 19.8. The third-order valence-electron chi connectivity index (χ3n) is 5.28. The quantitative estimate of drug-likeness (QED) is 0.720. The Balaban J connectivity index is 1.54. The smallest absolute Gasteiger partial charge is 0.223 e. The molecule has 1 aromatic rings. The molecular formula is C20H28BrFN2O2. The zero-order valence-corrected chi connectivity index (χ0v) is 17.2. The monoisotopic (exact) mass is 426 g/mol. The van der Waals surface area contributed by atoms with Crippen LogP contribution in [0, 0.1) is 5.82 Å². The van der Waals surface area contributed by atoms with Crippen molar-refractivity contribution < 1.29 is 13.9 Å². The zero-order chi connectivity index (χ0) is 18.7. The molecule has 0 spiro atoms. The Bertz CT molecular complexity index is 632. The molecule has 2 saturated heterocycles. The van der Waals surface area contributed by atoms with Crippen LogP contribution in [0.3, 0.4) is 0 Å². The van der Waals surface area contributed by atoms with Crippen LogP contribution in [-0.2, 0) is 16.0 Å². The Morgan fingerprint density at radius 2 is 2.04 bits per heavy atom. The van der Waals surface area contributed by atoms with Crippen LogP contribution < -0.4 is 0 Å². The molecule has 0 aliphatic carbocycles. The van der Waals surface area contributed by atoms with Gasteiger partial charge in [-0.3, -0.25) is 9.69 Å². The number of halogens is 2. The highest BCUT2D eigenvalue weighted by atomic mass is 79.9. The predicted octanol–water partition coefficient (Wildman–Crippen LogP) is 3.62. The number of aryl methyl sites for hydroxylation is 1. The van der Waals surface area contributed by atoms with E-state index >= 15 is 0 Å². The first-order valence-electron chi connectivity index (χ1n) is 9.53. The molecule has 0 saturated carbocycles. The number of rotatable bonds is 5. The summed E-state index contributed by atoms with van der Waals surface area (Å²) in [5, 5.41) is 0. The Morgan fingerprint density at radius 1 is 1.31 bits per heavy atom. The largest absolute Gasteiger partial charge is 0.373 e. The Hall–Kier alpha value is -0.980. The molecule has 3 rings (SSSR count). The van der Waals surface area contributed by atoms with Gasteiger partial charge in [0, 0.05) is 43.1 Å². The van der Waals surface area contributed by atoms with Crippen molar-refractivity contribution in [2.24, 2.45) is 0 Å². The molecule has 2 fully saturated rings. The molecule has 0 radical (unpaired) electrons. The number of hydrogen-bond donors (Lipinski definition) is 0. The number of amides is 1. The van der Waals surface area contributed by atoms with Gasteiger partial charge in [0.05, 0.1) is 12.2 Å². The minimum absolute atomic E-state index is 0.143. The molecular weight excluding hydrogens is 399 g/mol. The van der Waals surface area contributed by atoms with E-state index in [2.05, 4.69) is 34.7 Å². The van der Waals surface area contributed by atoms with E-state index in [0.717, 1.165) is 43.5 Å². The van der Waals surface area contributed by atoms with E-state index in [9.17, 15) is 9.18 Å². The molecule has 0 bridgehead atoms. The van der Waals surface area contributed by atoms with E-state index in [1.54, 1.807) is 6.07 Å². The highest BCUT2D eigenvalue weighted by Gasteiger charge is 2.32. The minimum atomic E-state index is -0.249. The maximum Gasteiger partial charge on any atom is 0.223 e. The number of carbonyl (C=O) groups is 1. The Labute approximate surface area is 163 Å². The van der Waals surface area contributed by atoms with Crippen molar-refractivity contribution in [2.45, 2.75) is 57.8 Å². The predicted molar refractivity (Wildman–Crippen MR) is 104 cm³/mol. The van der Waals surface area contributed by atoms with E-state index in [1.807, 2.05) is 11.0 Å². The van der Waals surface area contributed by atoms with Gasteiger partial charge >= 0.3 is 0 Å². The lowest BCUT2D eigenvalue weighted by atomic mass is 10.1. The van der Waals surface area contributed by atoms with Crippen molar-refractivity contribution >= 4 is 21.8 Å². The summed E-state index contributed by atoms with van der Waals surface area (Å²) in [6.07, 6.45) is 3.41. The fourth-order valence-electron chi connectivity index (χ4n) is 4.19. The lowest BCUT2D eigenvalue weighted by Crippen LogP contribution is -2.50. The van der Waals surface area contributed by atoms with Gasteiger partial charge in [-0.1, -0.05) is 22.0 Å². The molecule has 26 heavy (non-hydrogen) atoms. The summed E-state index contributed by atoms with van der Waals surface area (Å²) in [6.45, 7) is 7.79.